The summed E-state index contributed by atoms with van der Waals surface area (Å²) in [6.45, 7) is 2.28. The highest BCUT2D eigenvalue weighted by Gasteiger charge is 2.15. The number of ketones is 1. The van der Waals surface area contributed by atoms with Crippen LogP contribution in [0.2, 0.25) is 0 Å². The Balaban J connectivity index is 2.44. The van der Waals surface area contributed by atoms with Crippen LogP contribution in [-0.4, -0.2) is 19.5 Å². The molecule has 2 aromatic carbocycles. The zero-order chi connectivity index (χ0) is 18.4. The van der Waals surface area contributed by atoms with Crippen molar-refractivity contribution in [2.24, 2.45) is 0 Å². The van der Waals surface area contributed by atoms with Crippen molar-refractivity contribution < 1.29 is 18.7 Å². The minimum atomic E-state index is -0.479. The van der Waals surface area contributed by atoms with Crippen molar-refractivity contribution in [3.8, 4) is 17.6 Å². The normalized spacial score (nSPS) is 10.9. The molecule has 2 rings (SSSR count). The number of carbonyl (C=O) groups excluding carboxylic acids is 1. The smallest absolute Gasteiger partial charge is 0.203 e. The summed E-state index contributed by atoms with van der Waals surface area (Å²) in [6.07, 6.45) is 1.46. The monoisotopic (exact) mass is 403 g/mol. The number of nitrogens with zero attached hydrogens (tertiary/aromatic N) is 1. The van der Waals surface area contributed by atoms with E-state index in [-0.39, 0.29) is 11.1 Å². The van der Waals surface area contributed by atoms with Gasteiger partial charge < -0.3 is 9.47 Å². The van der Waals surface area contributed by atoms with Crippen LogP contribution in [0.4, 0.5) is 4.39 Å². The SMILES string of the molecule is CCOc1cc(/C=C(\C#N)C(=O)c2ccc(F)cc2)cc(Br)c1OC. The van der Waals surface area contributed by atoms with Crippen molar-refractivity contribution in [3.05, 3.63) is 63.4 Å². The Labute approximate surface area is 153 Å². The highest BCUT2D eigenvalue weighted by atomic mass is 79.9. The van der Waals surface area contributed by atoms with Gasteiger partial charge in [0.2, 0.25) is 5.78 Å². The largest absolute Gasteiger partial charge is 0.492 e. The van der Waals surface area contributed by atoms with Gasteiger partial charge in [-0.2, -0.15) is 5.26 Å². The first-order chi connectivity index (χ1) is 12.0. The lowest BCUT2D eigenvalue weighted by Crippen LogP contribution is -2.02. The Kier molecular flexibility index (Phi) is 6.31. The van der Waals surface area contributed by atoms with E-state index in [9.17, 15) is 14.4 Å². The Morgan fingerprint density at radius 1 is 1.32 bits per heavy atom. The first-order valence-electron chi connectivity index (χ1n) is 7.42. The van der Waals surface area contributed by atoms with E-state index in [0.717, 1.165) is 0 Å². The molecule has 0 bridgehead atoms. The molecule has 0 spiro atoms. The van der Waals surface area contributed by atoms with Gasteiger partial charge in [-0.15, -0.1) is 0 Å². The minimum absolute atomic E-state index is 0.0638. The number of halogens is 2. The number of hydrogen-bond acceptors (Lipinski definition) is 4. The molecule has 25 heavy (non-hydrogen) atoms. The van der Waals surface area contributed by atoms with Gasteiger partial charge in [0.15, 0.2) is 11.5 Å². The molecule has 0 aliphatic heterocycles. The number of benzene rings is 2. The summed E-state index contributed by atoms with van der Waals surface area (Å²) < 4.78 is 24.4. The average molecular weight is 404 g/mol. The maximum Gasteiger partial charge on any atom is 0.203 e. The topological polar surface area (TPSA) is 59.3 Å². The van der Waals surface area contributed by atoms with Gasteiger partial charge in [0, 0.05) is 5.56 Å². The lowest BCUT2D eigenvalue weighted by Gasteiger charge is -2.12. The van der Waals surface area contributed by atoms with Crippen LogP contribution in [0.25, 0.3) is 6.08 Å². The van der Waals surface area contributed by atoms with Crippen molar-refractivity contribution >= 4 is 27.8 Å². The number of Topliss-reactive ketones (excluding diaryl/α,β-unsaturated/α-hetero) is 1. The summed E-state index contributed by atoms with van der Waals surface area (Å²) >= 11 is 3.39. The summed E-state index contributed by atoms with van der Waals surface area (Å²) in [4.78, 5) is 12.4. The van der Waals surface area contributed by atoms with Crippen LogP contribution >= 0.6 is 15.9 Å². The molecule has 6 heteroatoms. The van der Waals surface area contributed by atoms with E-state index in [2.05, 4.69) is 15.9 Å². The van der Waals surface area contributed by atoms with Crippen LogP contribution in [0, 0.1) is 17.1 Å². The van der Waals surface area contributed by atoms with Crippen LogP contribution < -0.4 is 9.47 Å². The van der Waals surface area contributed by atoms with E-state index >= 15 is 0 Å². The molecule has 0 fully saturated rings. The molecule has 0 saturated carbocycles. The van der Waals surface area contributed by atoms with Crippen LogP contribution in [-0.2, 0) is 0 Å². The summed E-state index contributed by atoms with van der Waals surface area (Å²) in [6, 6.07) is 10.3. The van der Waals surface area contributed by atoms with Gasteiger partial charge in [-0.05, 0) is 70.9 Å². The van der Waals surface area contributed by atoms with Crippen molar-refractivity contribution in [2.75, 3.05) is 13.7 Å². The number of rotatable bonds is 6. The molecular weight excluding hydrogens is 389 g/mol. The summed E-state index contributed by atoms with van der Waals surface area (Å²) in [5.41, 5.74) is 0.779. The minimum Gasteiger partial charge on any atom is -0.492 e. The molecular formula is C19H15BrFNO3. The van der Waals surface area contributed by atoms with Gasteiger partial charge in [0.1, 0.15) is 17.5 Å². The highest BCUT2D eigenvalue weighted by molar-refractivity contribution is 9.10. The molecule has 0 atom stereocenters. The third kappa shape index (κ3) is 4.46. The Hall–Kier alpha value is -2.65. The van der Waals surface area contributed by atoms with E-state index in [1.165, 1.54) is 37.5 Å². The summed E-state index contributed by atoms with van der Waals surface area (Å²) in [5, 5.41) is 9.34. The molecule has 0 N–H and O–H groups in total. The second-order valence-electron chi connectivity index (χ2n) is 4.97. The lowest BCUT2D eigenvalue weighted by atomic mass is 10.0. The number of nitriles is 1. The van der Waals surface area contributed by atoms with Gasteiger partial charge in [-0.25, -0.2) is 4.39 Å². The molecule has 0 radical (unpaired) electrons. The third-order valence-corrected chi connectivity index (χ3v) is 3.91. The quantitative estimate of drug-likeness (QED) is 0.395. The number of carbonyl (C=O) groups is 1. The number of hydrogen-bond donors (Lipinski definition) is 0. The molecule has 0 unspecified atom stereocenters. The molecule has 0 saturated heterocycles. The van der Waals surface area contributed by atoms with Crippen LogP contribution in [0.3, 0.4) is 0 Å². The van der Waals surface area contributed by atoms with E-state index < -0.39 is 11.6 Å². The summed E-state index contributed by atoms with van der Waals surface area (Å²) in [5.74, 6) is 0.103. The van der Waals surface area contributed by atoms with Crippen molar-refractivity contribution in [1.29, 1.82) is 5.26 Å². The maximum atomic E-state index is 13.0. The van der Waals surface area contributed by atoms with Gasteiger partial charge in [0.25, 0.3) is 0 Å². The van der Waals surface area contributed by atoms with Crippen LogP contribution in [0.15, 0.2) is 46.4 Å². The molecule has 0 amide bonds. The fraction of sp³-hybridized carbons (Fsp3) is 0.158. The van der Waals surface area contributed by atoms with Crippen LogP contribution in [0.1, 0.15) is 22.8 Å². The van der Waals surface area contributed by atoms with E-state index in [0.29, 0.717) is 28.1 Å². The predicted molar refractivity (Wildman–Crippen MR) is 96.2 cm³/mol. The zero-order valence-electron chi connectivity index (χ0n) is 13.7. The predicted octanol–water partition coefficient (Wildman–Crippen LogP) is 4.79. The first kappa shape index (κ1) is 18.7. The Morgan fingerprint density at radius 2 is 2.00 bits per heavy atom. The molecule has 0 aliphatic carbocycles. The van der Waals surface area contributed by atoms with Gasteiger partial charge in [-0.3, -0.25) is 4.79 Å². The van der Waals surface area contributed by atoms with Gasteiger partial charge in [-0.1, -0.05) is 0 Å². The van der Waals surface area contributed by atoms with Crippen molar-refractivity contribution in [2.45, 2.75) is 6.92 Å². The lowest BCUT2D eigenvalue weighted by molar-refractivity contribution is 0.104. The first-order valence-corrected chi connectivity index (χ1v) is 8.21. The standard InChI is InChI=1S/C19H15BrFNO3/c1-3-25-17-10-12(9-16(20)19(17)24-2)8-14(11-22)18(23)13-4-6-15(21)7-5-13/h4-10H,3H2,1-2H3/b14-8+. The molecule has 4 nitrogen and oxygen atoms in total. The molecule has 0 aromatic heterocycles. The fourth-order valence-electron chi connectivity index (χ4n) is 2.20. The van der Waals surface area contributed by atoms with Crippen molar-refractivity contribution in [3.63, 3.8) is 0 Å². The zero-order valence-corrected chi connectivity index (χ0v) is 15.3. The Bertz CT molecular complexity index is 854. The number of ether oxygens (including phenoxy) is 2. The van der Waals surface area contributed by atoms with E-state index in [1.807, 2.05) is 13.0 Å². The Morgan fingerprint density at radius 3 is 2.56 bits per heavy atom. The average Bonchev–Trinajstić information content (AvgIpc) is 2.60. The second kappa shape index (κ2) is 8.45. The fourth-order valence-corrected chi connectivity index (χ4v) is 2.83. The van der Waals surface area contributed by atoms with E-state index in [4.69, 9.17) is 9.47 Å². The van der Waals surface area contributed by atoms with Crippen LogP contribution in [0.5, 0.6) is 11.5 Å². The maximum absolute atomic E-state index is 13.0. The molecule has 0 heterocycles. The number of methoxy groups -OCH3 is 1. The van der Waals surface area contributed by atoms with Gasteiger partial charge in [0.05, 0.1) is 18.2 Å². The second-order valence-corrected chi connectivity index (χ2v) is 5.83. The summed E-state index contributed by atoms with van der Waals surface area (Å²) in [7, 11) is 1.52. The van der Waals surface area contributed by atoms with Crippen molar-refractivity contribution in [1.82, 2.24) is 0 Å². The molecule has 2 aromatic rings. The molecule has 128 valence electrons. The van der Waals surface area contributed by atoms with E-state index in [1.54, 1.807) is 12.1 Å². The third-order valence-electron chi connectivity index (χ3n) is 3.32. The number of allylic oxidation sites excluding steroid dienone is 1. The van der Waals surface area contributed by atoms with Gasteiger partial charge >= 0.3 is 0 Å². The molecule has 0 aliphatic rings. The highest BCUT2D eigenvalue weighted by Crippen LogP contribution is 2.37.